The monoisotopic (exact) mass is 220 g/mol. The molecule has 0 aliphatic carbocycles. The Balaban J connectivity index is 2.34. The Morgan fingerprint density at radius 1 is 1.25 bits per heavy atom. The Bertz CT molecular complexity index is 640. The molecule has 16 heavy (non-hydrogen) atoms. The smallest absolute Gasteiger partial charge is 0.248 e. The Morgan fingerprint density at radius 2 is 2.12 bits per heavy atom. The summed E-state index contributed by atoms with van der Waals surface area (Å²) in [5.74, 6) is 0.559. The van der Waals surface area contributed by atoms with Crippen LogP contribution >= 0.6 is 0 Å². The van der Waals surface area contributed by atoms with Crippen LogP contribution in [-0.4, -0.2) is 41.4 Å². The molecule has 0 bridgehead atoms. The lowest BCUT2D eigenvalue weighted by molar-refractivity contribution is 0.313. The van der Waals surface area contributed by atoms with Gasteiger partial charge in [0.15, 0.2) is 5.82 Å². The van der Waals surface area contributed by atoms with E-state index in [2.05, 4.69) is 40.8 Å². The summed E-state index contributed by atoms with van der Waals surface area (Å²) in [7, 11) is 0. The third-order valence-electron chi connectivity index (χ3n) is 1.98. The van der Waals surface area contributed by atoms with Crippen LogP contribution < -0.4 is 5.32 Å². The van der Waals surface area contributed by atoms with Crippen molar-refractivity contribution < 1.29 is 4.63 Å². The molecular formula is C7H8N8O. The molecule has 0 unspecified atom stereocenters. The Kier molecular flexibility index (Phi) is 1.72. The van der Waals surface area contributed by atoms with Crippen LogP contribution in [-0.2, 0) is 0 Å². The molecule has 0 aliphatic heterocycles. The number of fused-ring (bicyclic) bond motifs is 3. The molecule has 0 aliphatic rings. The van der Waals surface area contributed by atoms with Crippen LogP contribution in [0, 0.1) is 0 Å². The van der Waals surface area contributed by atoms with E-state index in [9.17, 15) is 0 Å². The quantitative estimate of drug-likeness (QED) is 0.636. The lowest BCUT2D eigenvalue weighted by Crippen LogP contribution is -2.12. The molecule has 0 saturated heterocycles. The molecule has 3 aromatic heterocycles. The lowest BCUT2D eigenvalue weighted by Gasteiger charge is -2.07. The van der Waals surface area contributed by atoms with E-state index in [1.165, 1.54) is 4.52 Å². The van der Waals surface area contributed by atoms with Gasteiger partial charge in [0.2, 0.25) is 16.9 Å². The molecule has 0 aromatic carbocycles. The second-order valence-electron chi connectivity index (χ2n) is 3.59. The van der Waals surface area contributed by atoms with Crippen LogP contribution in [0.15, 0.2) is 4.63 Å². The van der Waals surface area contributed by atoms with E-state index >= 15 is 0 Å². The number of nitrogens with zero attached hydrogens (tertiary/aromatic N) is 7. The van der Waals surface area contributed by atoms with Crippen LogP contribution in [0.25, 0.3) is 16.9 Å². The van der Waals surface area contributed by atoms with E-state index < -0.39 is 0 Å². The zero-order valence-corrected chi connectivity index (χ0v) is 8.62. The van der Waals surface area contributed by atoms with Gasteiger partial charge >= 0.3 is 0 Å². The second kappa shape index (κ2) is 3.08. The maximum Gasteiger partial charge on any atom is 0.248 e. The van der Waals surface area contributed by atoms with Gasteiger partial charge in [0, 0.05) is 6.04 Å². The first kappa shape index (κ1) is 8.95. The van der Waals surface area contributed by atoms with Crippen LogP contribution in [0.5, 0.6) is 0 Å². The van der Waals surface area contributed by atoms with Crippen LogP contribution in [0.3, 0.4) is 0 Å². The number of anilines is 1. The van der Waals surface area contributed by atoms with Gasteiger partial charge in [-0.2, -0.15) is 4.52 Å². The zero-order valence-electron chi connectivity index (χ0n) is 8.62. The molecule has 82 valence electrons. The van der Waals surface area contributed by atoms with E-state index in [4.69, 9.17) is 0 Å². The first-order valence-electron chi connectivity index (χ1n) is 4.72. The second-order valence-corrected chi connectivity index (χ2v) is 3.59. The minimum atomic E-state index is 0.213. The summed E-state index contributed by atoms with van der Waals surface area (Å²) in [6, 6.07) is 0.213. The first-order valence-corrected chi connectivity index (χ1v) is 4.72. The summed E-state index contributed by atoms with van der Waals surface area (Å²) in [6.45, 7) is 3.99. The largest absolute Gasteiger partial charge is 0.365 e. The third-order valence-corrected chi connectivity index (χ3v) is 1.98. The maximum atomic E-state index is 4.60. The molecule has 3 aromatic rings. The van der Waals surface area contributed by atoms with Gasteiger partial charge in [0.1, 0.15) is 0 Å². The molecule has 9 nitrogen and oxygen atoms in total. The predicted octanol–water partition coefficient (Wildman–Crippen LogP) is -0.124. The van der Waals surface area contributed by atoms with Crippen molar-refractivity contribution in [3.8, 4) is 0 Å². The summed E-state index contributed by atoms with van der Waals surface area (Å²) >= 11 is 0. The Hall–Kier alpha value is -2.32. The molecule has 0 spiro atoms. The molecule has 0 radical (unpaired) electrons. The maximum absolute atomic E-state index is 4.60. The van der Waals surface area contributed by atoms with Crippen LogP contribution in [0.4, 0.5) is 5.82 Å². The summed E-state index contributed by atoms with van der Waals surface area (Å²) < 4.78 is 6.03. The summed E-state index contributed by atoms with van der Waals surface area (Å²) in [5.41, 5.74) is 1.26. The average Bonchev–Trinajstić information content (AvgIpc) is 2.82. The average molecular weight is 220 g/mol. The highest BCUT2D eigenvalue weighted by atomic mass is 16.6. The number of hydrogen-bond acceptors (Lipinski definition) is 8. The highest BCUT2D eigenvalue weighted by Gasteiger charge is 2.15. The number of rotatable bonds is 2. The molecule has 0 amide bonds. The lowest BCUT2D eigenvalue weighted by atomic mass is 10.4. The number of nitrogens with one attached hydrogen (secondary N) is 1. The highest BCUT2D eigenvalue weighted by Crippen LogP contribution is 2.16. The van der Waals surface area contributed by atoms with Crippen molar-refractivity contribution >= 4 is 22.8 Å². The van der Waals surface area contributed by atoms with Crippen molar-refractivity contribution in [3.05, 3.63) is 0 Å². The van der Waals surface area contributed by atoms with E-state index in [1.807, 2.05) is 13.8 Å². The van der Waals surface area contributed by atoms with E-state index in [0.717, 1.165) is 0 Å². The highest BCUT2D eigenvalue weighted by molar-refractivity contribution is 5.75. The minimum Gasteiger partial charge on any atom is -0.365 e. The number of tetrazole rings is 1. The van der Waals surface area contributed by atoms with Gasteiger partial charge in [-0.05, 0) is 34.6 Å². The third kappa shape index (κ3) is 1.17. The fraction of sp³-hybridized carbons (Fsp3) is 0.429. The fourth-order valence-corrected chi connectivity index (χ4v) is 1.39. The number of aromatic nitrogens is 7. The molecule has 0 fully saturated rings. The molecule has 0 atom stereocenters. The molecule has 1 N–H and O–H groups in total. The standard InChI is InChI=1S/C7H8N8O/c1-3(2)8-4-6-10-13-14-15(6)7-5(9-4)11-16-12-7/h3H,1-2H3,(H,8,9,11). The van der Waals surface area contributed by atoms with Crippen LogP contribution in [0.1, 0.15) is 13.8 Å². The first-order chi connectivity index (χ1) is 7.75. The van der Waals surface area contributed by atoms with E-state index in [-0.39, 0.29) is 6.04 Å². The van der Waals surface area contributed by atoms with Crippen LogP contribution in [0.2, 0.25) is 0 Å². The van der Waals surface area contributed by atoms with Crippen molar-refractivity contribution in [2.75, 3.05) is 5.32 Å². The molecular weight excluding hydrogens is 212 g/mol. The van der Waals surface area contributed by atoms with E-state index in [1.54, 1.807) is 0 Å². The fourth-order valence-electron chi connectivity index (χ4n) is 1.39. The molecule has 3 rings (SSSR count). The molecule has 0 saturated carbocycles. The Labute approximate surface area is 88.8 Å². The van der Waals surface area contributed by atoms with Gasteiger partial charge < -0.3 is 5.32 Å². The topological polar surface area (TPSA) is 107 Å². The molecule has 9 heteroatoms. The van der Waals surface area contributed by atoms with Gasteiger partial charge in [0.05, 0.1) is 0 Å². The van der Waals surface area contributed by atoms with E-state index in [0.29, 0.717) is 22.8 Å². The van der Waals surface area contributed by atoms with Gasteiger partial charge in [-0.25, -0.2) is 9.61 Å². The van der Waals surface area contributed by atoms with Gasteiger partial charge in [0.25, 0.3) is 0 Å². The van der Waals surface area contributed by atoms with Crippen molar-refractivity contribution in [3.63, 3.8) is 0 Å². The normalized spacial score (nSPS) is 11.7. The SMILES string of the molecule is CC(C)Nc1nc2nonc2n2nnnc12. The predicted molar refractivity (Wildman–Crippen MR) is 52.7 cm³/mol. The van der Waals surface area contributed by atoms with Gasteiger partial charge in [-0.15, -0.1) is 5.10 Å². The molecule has 3 heterocycles. The summed E-state index contributed by atoms with van der Waals surface area (Å²) in [6.07, 6.45) is 0. The van der Waals surface area contributed by atoms with Crippen molar-refractivity contribution in [2.24, 2.45) is 0 Å². The Morgan fingerprint density at radius 3 is 2.94 bits per heavy atom. The zero-order chi connectivity index (χ0) is 11.1. The summed E-state index contributed by atoms with van der Waals surface area (Å²) in [4.78, 5) is 4.23. The van der Waals surface area contributed by atoms with Gasteiger partial charge in [-0.1, -0.05) is 0 Å². The van der Waals surface area contributed by atoms with Gasteiger partial charge in [-0.3, -0.25) is 0 Å². The summed E-state index contributed by atoms with van der Waals surface area (Å²) in [5, 5.41) is 21.7. The minimum absolute atomic E-state index is 0.213. The van der Waals surface area contributed by atoms with Crippen molar-refractivity contribution in [1.29, 1.82) is 0 Å². The van der Waals surface area contributed by atoms with Crippen molar-refractivity contribution in [2.45, 2.75) is 19.9 Å². The number of hydrogen-bond donors (Lipinski definition) is 1. The van der Waals surface area contributed by atoms with Crippen molar-refractivity contribution in [1.82, 2.24) is 35.3 Å².